The van der Waals surface area contributed by atoms with Gasteiger partial charge >= 0.3 is 6.09 Å². The Bertz CT molecular complexity index is 1320. The van der Waals surface area contributed by atoms with E-state index in [1.807, 2.05) is 0 Å². The second-order valence-electron chi connectivity index (χ2n) is 9.62. The smallest absolute Gasteiger partial charge is 0.409 e. The molecule has 37 heavy (non-hydrogen) atoms. The van der Waals surface area contributed by atoms with Crippen molar-refractivity contribution in [2.45, 2.75) is 35.8 Å². The van der Waals surface area contributed by atoms with Crippen LogP contribution >= 0.6 is 11.6 Å². The topological polar surface area (TPSA) is 92.8 Å². The predicted molar refractivity (Wildman–Crippen MR) is 131 cm³/mol. The van der Waals surface area contributed by atoms with E-state index in [-0.39, 0.29) is 38.9 Å². The molecule has 0 spiro atoms. The third-order valence-corrected chi connectivity index (χ3v) is 10.1. The molecule has 3 fully saturated rings. The van der Waals surface area contributed by atoms with E-state index in [9.17, 15) is 31.2 Å². The Hall–Kier alpha value is -2.79. The highest BCUT2D eigenvalue weighted by Crippen LogP contribution is 2.49. The third-order valence-electron chi connectivity index (χ3n) is 7.38. The van der Waals surface area contributed by atoms with Crippen LogP contribution in [0, 0.1) is 35.2 Å². The number of hydrogen-bond acceptors (Lipinski definition) is 5. The van der Waals surface area contributed by atoms with Gasteiger partial charge in [0.15, 0.2) is 27.3 Å². The van der Waals surface area contributed by atoms with Crippen molar-refractivity contribution in [3.63, 3.8) is 0 Å². The second kappa shape index (κ2) is 10.5. The molecule has 0 aromatic heterocycles. The zero-order valence-corrected chi connectivity index (χ0v) is 21.7. The van der Waals surface area contributed by atoms with Crippen LogP contribution in [0.1, 0.15) is 36.0 Å². The van der Waals surface area contributed by atoms with Crippen LogP contribution in [0.2, 0.25) is 5.02 Å². The van der Waals surface area contributed by atoms with Crippen LogP contribution in [0.4, 0.5) is 23.7 Å². The van der Waals surface area contributed by atoms with Gasteiger partial charge in [0.25, 0.3) is 5.91 Å². The maximum absolute atomic E-state index is 13.7. The number of carbonyl (C=O) groups is 2. The molecule has 3 aliphatic rings. The number of anilines is 1. The Morgan fingerprint density at radius 2 is 1.73 bits per heavy atom. The summed E-state index contributed by atoms with van der Waals surface area (Å²) >= 11 is 6.26. The molecule has 0 saturated heterocycles. The Balaban J connectivity index is 1.54. The highest BCUT2D eigenvalue weighted by molar-refractivity contribution is 7.92. The molecule has 12 heteroatoms. The monoisotopic (exact) mass is 558 g/mol. The number of carbonyl (C=O) groups excluding carboxylic acids is 2. The van der Waals surface area contributed by atoms with Crippen molar-refractivity contribution in [1.82, 2.24) is 4.90 Å². The van der Waals surface area contributed by atoms with Gasteiger partial charge in [0.1, 0.15) is 0 Å². The number of benzene rings is 2. The maximum atomic E-state index is 13.7. The molecule has 3 aliphatic carbocycles. The minimum atomic E-state index is -3.93. The van der Waals surface area contributed by atoms with Crippen LogP contribution in [-0.2, 0) is 14.6 Å². The molecule has 200 valence electrons. The van der Waals surface area contributed by atoms with E-state index in [0.717, 1.165) is 18.9 Å². The average molecular weight is 559 g/mol. The standard InChI is InChI=1S/C25H26ClF3N2O5S/c1-31(25(33)36-2)12-16-7-14-4-3-13(16)8-21(14)37(34,35)22-9-15(5-6-18(22)26)24(32)30-17-10-19(27)23(29)20(28)11-17/h5-6,9-11,13-14,16,21H,3-4,7-8,12H2,1-2H3,(H,30,32)/t13?,14?,16-,21?/m1/s1. The Kier molecular flexibility index (Phi) is 7.75. The zero-order valence-electron chi connectivity index (χ0n) is 20.1. The molecule has 2 aromatic rings. The highest BCUT2D eigenvalue weighted by atomic mass is 35.5. The molecule has 7 nitrogen and oxygen atoms in total. The lowest BCUT2D eigenvalue weighted by Gasteiger charge is -2.47. The Morgan fingerprint density at radius 1 is 1.08 bits per heavy atom. The minimum absolute atomic E-state index is 0.0427. The van der Waals surface area contributed by atoms with Crippen molar-refractivity contribution >= 4 is 39.1 Å². The van der Waals surface area contributed by atoms with Gasteiger partial charge in [-0.1, -0.05) is 11.6 Å². The molecule has 2 amide bonds. The van der Waals surface area contributed by atoms with Gasteiger partial charge in [0.05, 0.1) is 22.3 Å². The summed E-state index contributed by atoms with van der Waals surface area (Å²) in [7, 11) is -0.977. The van der Waals surface area contributed by atoms with Crippen molar-refractivity contribution in [3.05, 3.63) is 58.4 Å². The third kappa shape index (κ3) is 5.43. The van der Waals surface area contributed by atoms with E-state index in [1.165, 1.54) is 24.1 Å². The van der Waals surface area contributed by atoms with Gasteiger partial charge in [0, 0.05) is 37.0 Å². The molecular weight excluding hydrogens is 533 g/mol. The normalized spacial score (nSPS) is 23.0. The lowest BCUT2D eigenvalue weighted by atomic mass is 9.64. The van der Waals surface area contributed by atoms with E-state index < -0.39 is 44.5 Å². The van der Waals surface area contributed by atoms with Crippen LogP contribution in [-0.4, -0.2) is 51.3 Å². The lowest BCUT2D eigenvalue weighted by molar-refractivity contribution is 0.0685. The molecule has 5 rings (SSSR count). The quantitative estimate of drug-likeness (QED) is 0.487. The summed E-state index contributed by atoms with van der Waals surface area (Å²) in [5.74, 6) is -5.33. The number of nitrogens with zero attached hydrogens (tertiary/aromatic N) is 1. The summed E-state index contributed by atoms with van der Waals surface area (Å²) in [6.45, 7) is 0.474. The first-order chi connectivity index (χ1) is 17.4. The first-order valence-electron chi connectivity index (χ1n) is 11.7. The van der Waals surface area contributed by atoms with Crippen LogP contribution in [0.15, 0.2) is 35.2 Å². The fourth-order valence-electron chi connectivity index (χ4n) is 5.54. The molecule has 2 bridgehead atoms. The molecule has 0 heterocycles. The summed E-state index contributed by atoms with van der Waals surface area (Å²) in [6, 6.07) is 4.96. The number of methoxy groups -OCH3 is 1. The minimum Gasteiger partial charge on any atom is -0.453 e. The van der Waals surface area contributed by atoms with E-state index in [2.05, 4.69) is 5.32 Å². The number of fused-ring (bicyclic) bond motifs is 3. The van der Waals surface area contributed by atoms with Crippen molar-refractivity contribution < 1.29 is 35.9 Å². The fraction of sp³-hybridized carbons (Fsp3) is 0.440. The van der Waals surface area contributed by atoms with Crippen molar-refractivity contribution in [2.24, 2.45) is 17.8 Å². The summed E-state index contributed by atoms with van der Waals surface area (Å²) in [5.41, 5.74) is -0.417. The van der Waals surface area contributed by atoms with Gasteiger partial charge in [-0.2, -0.15) is 0 Å². The first kappa shape index (κ1) is 27.3. The van der Waals surface area contributed by atoms with Gasteiger partial charge in [-0.3, -0.25) is 4.79 Å². The van der Waals surface area contributed by atoms with Crippen LogP contribution in [0.5, 0.6) is 0 Å². The number of sulfone groups is 1. The Morgan fingerprint density at radius 3 is 2.32 bits per heavy atom. The summed E-state index contributed by atoms with van der Waals surface area (Å²) < 4.78 is 72.4. The molecule has 3 unspecified atom stereocenters. The van der Waals surface area contributed by atoms with E-state index >= 15 is 0 Å². The second-order valence-corrected chi connectivity index (χ2v) is 12.2. The van der Waals surface area contributed by atoms with Gasteiger partial charge < -0.3 is 15.0 Å². The molecule has 1 N–H and O–H groups in total. The van der Waals surface area contributed by atoms with Crippen LogP contribution < -0.4 is 5.32 Å². The van der Waals surface area contributed by atoms with Crippen LogP contribution in [0.25, 0.3) is 0 Å². The zero-order chi connectivity index (χ0) is 27.1. The molecule has 3 saturated carbocycles. The summed E-state index contributed by atoms with van der Waals surface area (Å²) in [6.07, 6.45) is 2.19. The average Bonchev–Trinajstić information content (AvgIpc) is 2.87. The number of rotatable bonds is 6. The summed E-state index contributed by atoms with van der Waals surface area (Å²) in [5, 5.41) is 1.51. The van der Waals surface area contributed by atoms with Crippen molar-refractivity contribution in [2.75, 3.05) is 26.0 Å². The number of ether oxygens (including phenoxy) is 1. The van der Waals surface area contributed by atoms with E-state index in [0.29, 0.717) is 31.5 Å². The molecule has 0 aliphatic heterocycles. The maximum Gasteiger partial charge on any atom is 0.409 e. The number of halogens is 4. The Labute approximate surface area is 217 Å². The first-order valence-corrected chi connectivity index (χ1v) is 13.6. The number of hydrogen-bond donors (Lipinski definition) is 1. The van der Waals surface area contributed by atoms with Gasteiger partial charge in [-0.05, 0) is 61.6 Å². The molecular formula is C25H26ClF3N2O5S. The van der Waals surface area contributed by atoms with E-state index in [1.54, 1.807) is 7.05 Å². The molecule has 0 radical (unpaired) electrons. The highest BCUT2D eigenvalue weighted by Gasteiger charge is 2.48. The van der Waals surface area contributed by atoms with Gasteiger partial charge in [-0.15, -0.1) is 0 Å². The predicted octanol–water partition coefficient (Wildman–Crippen LogP) is 5.29. The number of amides is 2. The summed E-state index contributed by atoms with van der Waals surface area (Å²) in [4.78, 5) is 25.8. The molecule has 2 aromatic carbocycles. The SMILES string of the molecule is COC(=O)N(C)C[C@H]1CC2CCC1CC2S(=O)(=O)c1cc(C(=O)Nc2cc(F)c(F)c(F)c2)ccc1Cl. The van der Waals surface area contributed by atoms with Crippen molar-refractivity contribution in [1.29, 1.82) is 0 Å². The fourth-order valence-corrected chi connectivity index (χ4v) is 8.20. The largest absolute Gasteiger partial charge is 0.453 e. The number of nitrogens with one attached hydrogen (secondary N) is 1. The molecule has 4 atom stereocenters. The van der Waals surface area contributed by atoms with Crippen molar-refractivity contribution in [3.8, 4) is 0 Å². The van der Waals surface area contributed by atoms with Crippen LogP contribution in [0.3, 0.4) is 0 Å². The van der Waals surface area contributed by atoms with Gasteiger partial charge in [0.2, 0.25) is 0 Å². The van der Waals surface area contributed by atoms with Gasteiger partial charge in [-0.25, -0.2) is 26.4 Å². The lowest BCUT2D eigenvalue weighted by Crippen LogP contribution is -2.48. The van der Waals surface area contributed by atoms with E-state index in [4.69, 9.17) is 16.3 Å².